The van der Waals surface area contributed by atoms with Gasteiger partial charge in [-0.2, -0.15) is 0 Å². The monoisotopic (exact) mass is 191 g/mol. The van der Waals surface area contributed by atoms with Crippen LogP contribution in [0.15, 0.2) is 0 Å². The molecule has 0 aromatic carbocycles. The van der Waals surface area contributed by atoms with Gasteiger partial charge in [-0.1, -0.05) is 18.9 Å². The molecule has 0 radical (unpaired) electrons. The van der Waals surface area contributed by atoms with Crippen molar-refractivity contribution in [2.45, 2.75) is 13.3 Å². The van der Waals surface area contributed by atoms with Gasteiger partial charge in [0.15, 0.2) is 0 Å². The molecule has 4 heteroatoms. The lowest BCUT2D eigenvalue weighted by molar-refractivity contribution is 0.623. The van der Waals surface area contributed by atoms with Crippen LogP contribution in [0.2, 0.25) is 0 Å². The normalized spacial score (nSPS) is 10.5. The summed E-state index contributed by atoms with van der Waals surface area (Å²) in [6.07, 6.45) is 1.21. The average molecular weight is 191 g/mol. The highest BCUT2D eigenvalue weighted by Crippen LogP contribution is 1.87. The van der Waals surface area contributed by atoms with E-state index in [1.807, 2.05) is 7.05 Å². The van der Waals surface area contributed by atoms with Gasteiger partial charge in [0.25, 0.3) is 0 Å². The van der Waals surface area contributed by atoms with Crippen LogP contribution in [0.5, 0.6) is 0 Å². The van der Waals surface area contributed by atoms with Crippen LogP contribution in [0.4, 0.5) is 0 Å². The van der Waals surface area contributed by atoms with Crippen LogP contribution in [-0.2, 0) is 0 Å². The molecule has 0 atom stereocenters. The Labute approximate surface area is 80.2 Å². The zero-order valence-electron chi connectivity index (χ0n) is 8.15. The number of nitrogens with one attached hydrogen (secondary N) is 3. The van der Waals surface area contributed by atoms with Crippen LogP contribution >= 0.6 is 11.9 Å². The average Bonchev–Trinajstić information content (AvgIpc) is 2.10. The molecule has 0 saturated heterocycles. The maximum atomic E-state index is 3.36. The highest BCUT2D eigenvalue weighted by atomic mass is 32.2. The Kier molecular flexibility index (Phi) is 11.4. The van der Waals surface area contributed by atoms with Crippen LogP contribution in [0, 0.1) is 0 Å². The van der Waals surface area contributed by atoms with Gasteiger partial charge < -0.3 is 10.6 Å². The van der Waals surface area contributed by atoms with Crippen LogP contribution in [-0.4, -0.2) is 39.0 Å². The molecule has 3 N–H and O–H groups in total. The topological polar surface area (TPSA) is 36.1 Å². The molecule has 0 aromatic heterocycles. The summed E-state index contributed by atoms with van der Waals surface area (Å²) in [6.45, 7) is 6.48. The fourth-order valence-electron chi connectivity index (χ4n) is 0.829. The molecule has 0 rings (SSSR count). The number of hydrogen-bond donors (Lipinski definition) is 3. The maximum absolute atomic E-state index is 3.36. The third-order valence-electron chi connectivity index (χ3n) is 1.43. The molecular formula is C8H21N3S. The summed E-state index contributed by atoms with van der Waals surface area (Å²) < 4.78 is 3.26. The fourth-order valence-corrected chi connectivity index (χ4v) is 1.28. The van der Waals surface area contributed by atoms with Gasteiger partial charge in [-0.3, -0.25) is 4.72 Å². The molecule has 0 amide bonds. The van der Waals surface area contributed by atoms with Crippen molar-refractivity contribution in [3.8, 4) is 0 Å². The van der Waals surface area contributed by atoms with Crippen molar-refractivity contribution in [2.24, 2.45) is 0 Å². The van der Waals surface area contributed by atoms with Crippen molar-refractivity contribution in [2.75, 3.05) is 39.0 Å². The van der Waals surface area contributed by atoms with E-state index in [2.05, 4.69) is 22.3 Å². The summed E-state index contributed by atoms with van der Waals surface area (Å²) in [5.74, 6) is 1.14. The molecule has 12 heavy (non-hydrogen) atoms. The lowest BCUT2D eigenvalue weighted by Gasteiger charge is -2.04. The van der Waals surface area contributed by atoms with E-state index in [0.717, 1.165) is 31.9 Å². The van der Waals surface area contributed by atoms with Gasteiger partial charge in [0.2, 0.25) is 0 Å². The van der Waals surface area contributed by atoms with Crippen molar-refractivity contribution in [3.63, 3.8) is 0 Å². The van der Waals surface area contributed by atoms with Gasteiger partial charge in [-0.25, -0.2) is 0 Å². The summed E-state index contributed by atoms with van der Waals surface area (Å²) in [7, 11) is 1.99. The third kappa shape index (κ3) is 10.2. The van der Waals surface area contributed by atoms with Crippen molar-refractivity contribution >= 4 is 11.9 Å². The zero-order valence-corrected chi connectivity index (χ0v) is 8.97. The lowest BCUT2D eigenvalue weighted by Crippen LogP contribution is -2.26. The fraction of sp³-hybridized carbons (Fsp3) is 1.00. The minimum absolute atomic E-state index is 1.05. The Morgan fingerprint density at radius 1 is 1.08 bits per heavy atom. The first-order valence-corrected chi connectivity index (χ1v) is 5.60. The van der Waals surface area contributed by atoms with Gasteiger partial charge in [0, 0.05) is 18.8 Å². The Morgan fingerprint density at radius 2 is 1.92 bits per heavy atom. The second-order valence-corrected chi connectivity index (χ2v) is 3.69. The Bertz CT molecular complexity index is 70.7. The van der Waals surface area contributed by atoms with Gasteiger partial charge in [-0.05, 0) is 26.6 Å². The molecule has 0 saturated carbocycles. The molecule has 0 unspecified atom stereocenters. The highest BCUT2D eigenvalue weighted by Gasteiger charge is 1.86. The zero-order chi connectivity index (χ0) is 9.07. The largest absolute Gasteiger partial charge is 0.320 e. The smallest absolute Gasteiger partial charge is 0.0184 e. The molecule has 0 heterocycles. The quantitative estimate of drug-likeness (QED) is 0.365. The van der Waals surface area contributed by atoms with Gasteiger partial charge in [0.1, 0.15) is 0 Å². The predicted octanol–water partition coefficient (Wildman–Crippen LogP) is 0.443. The van der Waals surface area contributed by atoms with Crippen molar-refractivity contribution in [1.82, 2.24) is 15.4 Å². The first-order chi connectivity index (χ1) is 5.91. The molecular weight excluding hydrogens is 170 g/mol. The first kappa shape index (κ1) is 12.2. The van der Waals surface area contributed by atoms with E-state index < -0.39 is 0 Å². The van der Waals surface area contributed by atoms with E-state index in [4.69, 9.17) is 0 Å². The molecule has 0 fully saturated rings. The van der Waals surface area contributed by atoms with Gasteiger partial charge >= 0.3 is 0 Å². The molecule has 0 aliphatic heterocycles. The summed E-state index contributed by atoms with van der Waals surface area (Å²) >= 11 is 1.77. The van der Waals surface area contributed by atoms with Gasteiger partial charge in [0.05, 0.1) is 0 Å². The highest BCUT2D eigenvalue weighted by molar-refractivity contribution is 7.97. The molecule has 0 aliphatic carbocycles. The summed E-state index contributed by atoms with van der Waals surface area (Å²) in [6, 6.07) is 0. The number of hydrogen-bond acceptors (Lipinski definition) is 4. The van der Waals surface area contributed by atoms with Crippen LogP contribution in [0.25, 0.3) is 0 Å². The molecule has 0 bridgehead atoms. The SMILES string of the molecule is CCSNCCNCCCNC. The van der Waals surface area contributed by atoms with E-state index in [1.54, 1.807) is 11.9 Å². The van der Waals surface area contributed by atoms with Crippen LogP contribution in [0.1, 0.15) is 13.3 Å². The summed E-state index contributed by atoms with van der Waals surface area (Å²) in [5, 5.41) is 6.48. The van der Waals surface area contributed by atoms with E-state index in [9.17, 15) is 0 Å². The van der Waals surface area contributed by atoms with E-state index >= 15 is 0 Å². The van der Waals surface area contributed by atoms with Crippen molar-refractivity contribution in [3.05, 3.63) is 0 Å². The minimum atomic E-state index is 1.05. The van der Waals surface area contributed by atoms with Crippen molar-refractivity contribution in [1.29, 1.82) is 0 Å². The third-order valence-corrected chi connectivity index (χ3v) is 2.13. The Hall–Kier alpha value is 0.230. The summed E-state index contributed by atoms with van der Waals surface area (Å²) in [5.41, 5.74) is 0. The molecule has 0 aliphatic rings. The summed E-state index contributed by atoms with van der Waals surface area (Å²) in [4.78, 5) is 0. The van der Waals surface area contributed by atoms with E-state index in [1.165, 1.54) is 6.42 Å². The van der Waals surface area contributed by atoms with Gasteiger partial charge in [-0.15, -0.1) is 0 Å². The minimum Gasteiger partial charge on any atom is -0.320 e. The van der Waals surface area contributed by atoms with Crippen LogP contribution in [0.3, 0.4) is 0 Å². The second-order valence-electron chi connectivity index (χ2n) is 2.53. The van der Waals surface area contributed by atoms with Crippen LogP contribution < -0.4 is 15.4 Å². The molecule has 74 valence electrons. The Balaban J connectivity index is 2.73. The second kappa shape index (κ2) is 11.2. The van der Waals surface area contributed by atoms with Crippen molar-refractivity contribution < 1.29 is 0 Å². The molecule has 0 aromatic rings. The Morgan fingerprint density at radius 3 is 2.58 bits per heavy atom. The predicted molar refractivity (Wildman–Crippen MR) is 57.5 cm³/mol. The maximum Gasteiger partial charge on any atom is 0.0184 e. The number of rotatable bonds is 9. The van der Waals surface area contributed by atoms with E-state index in [-0.39, 0.29) is 0 Å². The standard InChI is InChI=1S/C8H21N3S/c1-3-12-11-8-7-10-6-4-5-9-2/h9-11H,3-8H2,1-2H3. The lowest BCUT2D eigenvalue weighted by atomic mass is 10.4. The van der Waals surface area contributed by atoms with E-state index in [0.29, 0.717) is 0 Å². The molecule has 0 spiro atoms. The first-order valence-electron chi connectivity index (χ1n) is 4.61. The molecule has 3 nitrogen and oxygen atoms in total.